The third kappa shape index (κ3) is 4.67. The van der Waals surface area contributed by atoms with E-state index >= 15 is 0 Å². The molecule has 2 aromatic rings. The van der Waals surface area contributed by atoms with Gasteiger partial charge < -0.3 is 10.6 Å². The van der Waals surface area contributed by atoms with Crippen LogP contribution in [0, 0.1) is 5.82 Å². The van der Waals surface area contributed by atoms with Gasteiger partial charge >= 0.3 is 0 Å². The number of hydrogen-bond donors (Lipinski definition) is 2. The van der Waals surface area contributed by atoms with Gasteiger partial charge in [-0.25, -0.2) is 12.8 Å². The Morgan fingerprint density at radius 2 is 1.85 bits per heavy atom. The molecule has 2 aromatic carbocycles. The molecule has 2 amide bonds. The lowest BCUT2D eigenvalue weighted by molar-refractivity contribution is -0.120. The minimum atomic E-state index is -4.01. The Kier molecular flexibility index (Phi) is 6.31. The first-order chi connectivity index (χ1) is 15.7. The topological polar surface area (TPSA) is 113 Å². The highest BCUT2D eigenvalue weighted by Crippen LogP contribution is 2.30. The lowest BCUT2D eigenvalue weighted by Crippen LogP contribution is -2.49. The Balaban J connectivity index is 1.58. The summed E-state index contributed by atoms with van der Waals surface area (Å²) in [6, 6.07) is 7.19. The Bertz CT molecular complexity index is 1230. The molecular formula is C23H24FN3O5S. The molecule has 10 heteroatoms. The number of hydrogen-bond acceptors (Lipinski definition) is 5. The number of benzene rings is 2. The number of piperidine rings is 1. The number of nitrogens with one attached hydrogen (secondary N) is 2. The van der Waals surface area contributed by atoms with Crippen LogP contribution in [0.5, 0.6) is 0 Å². The minimum Gasteiger partial charge on any atom is -0.326 e. The second-order valence-electron chi connectivity index (χ2n) is 8.23. The number of Topliss-reactive ketones (excluding diaryl/α,β-unsaturated/α-hetero) is 1. The quantitative estimate of drug-likeness (QED) is 0.648. The van der Waals surface area contributed by atoms with Crippen molar-refractivity contribution in [2.24, 2.45) is 0 Å². The number of fused-ring (bicyclic) bond motifs is 1. The van der Waals surface area contributed by atoms with Gasteiger partial charge in [0.2, 0.25) is 21.8 Å². The summed E-state index contributed by atoms with van der Waals surface area (Å²) in [6.45, 7) is 1.54. The molecule has 1 saturated heterocycles. The van der Waals surface area contributed by atoms with Gasteiger partial charge in [-0.05, 0) is 56.0 Å². The maximum Gasteiger partial charge on any atom is 0.243 e. The summed E-state index contributed by atoms with van der Waals surface area (Å²) < 4.78 is 42.3. The third-order valence-corrected chi connectivity index (χ3v) is 7.89. The number of sulfonamides is 1. The zero-order chi connectivity index (χ0) is 23.8. The number of aryl methyl sites for hydroxylation is 1. The van der Waals surface area contributed by atoms with E-state index in [4.69, 9.17) is 0 Å². The van der Waals surface area contributed by atoms with Crippen LogP contribution in [0.2, 0.25) is 0 Å². The van der Waals surface area contributed by atoms with Gasteiger partial charge in [0.25, 0.3) is 0 Å². The van der Waals surface area contributed by atoms with Crippen LogP contribution in [-0.2, 0) is 26.0 Å². The van der Waals surface area contributed by atoms with Gasteiger partial charge in [0, 0.05) is 24.2 Å². The predicted molar refractivity (Wildman–Crippen MR) is 120 cm³/mol. The van der Waals surface area contributed by atoms with Crippen LogP contribution in [0.25, 0.3) is 0 Å². The van der Waals surface area contributed by atoms with Crippen LogP contribution in [0.4, 0.5) is 15.8 Å². The normalized spacial score (nSPS) is 18.8. The number of rotatable bonds is 5. The van der Waals surface area contributed by atoms with Crippen molar-refractivity contribution in [1.82, 2.24) is 4.31 Å². The van der Waals surface area contributed by atoms with Crippen LogP contribution in [0.3, 0.4) is 0 Å². The number of halogens is 1. The third-order valence-electron chi connectivity index (χ3n) is 5.97. The Morgan fingerprint density at radius 3 is 2.55 bits per heavy atom. The van der Waals surface area contributed by atoms with Gasteiger partial charge in [0.15, 0.2) is 5.78 Å². The summed E-state index contributed by atoms with van der Waals surface area (Å²) in [7, 11) is -4.01. The fraction of sp³-hybridized carbons (Fsp3) is 0.348. The van der Waals surface area contributed by atoms with Crippen molar-refractivity contribution in [2.75, 3.05) is 17.2 Å². The number of amides is 2. The van der Waals surface area contributed by atoms with E-state index in [0.717, 1.165) is 4.31 Å². The van der Waals surface area contributed by atoms with Crippen LogP contribution < -0.4 is 10.6 Å². The highest BCUT2D eigenvalue weighted by molar-refractivity contribution is 7.89. The molecule has 2 aliphatic heterocycles. The molecular weight excluding hydrogens is 449 g/mol. The number of anilines is 2. The second kappa shape index (κ2) is 9.03. The highest BCUT2D eigenvalue weighted by Gasteiger charge is 2.38. The van der Waals surface area contributed by atoms with Crippen molar-refractivity contribution in [3.05, 3.63) is 53.3 Å². The maximum atomic E-state index is 14.6. The summed E-state index contributed by atoms with van der Waals surface area (Å²) in [5.74, 6) is -1.66. The minimum absolute atomic E-state index is 0.0186. The lowest BCUT2D eigenvalue weighted by atomic mass is 10.0. The van der Waals surface area contributed by atoms with E-state index < -0.39 is 27.8 Å². The number of nitrogens with zero attached hydrogens (tertiary/aromatic N) is 1. The van der Waals surface area contributed by atoms with Gasteiger partial charge in [-0.3, -0.25) is 14.4 Å². The largest absolute Gasteiger partial charge is 0.326 e. The fourth-order valence-corrected chi connectivity index (χ4v) is 5.82. The fourth-order valence-electron chi connectivity index (χ4n) is 4.16. The van der Waals surface area contributed by atoms with Gasteiger partial charge in [-0.2, -0.15) is 4.31 Å². The molecule has 33 heavy (non-hydrogen) atoms. The summed E-state index contributed by atoms with van der Waals surface area (Å²) in [5, 5.41) is 5.17. The van der Waals surface area contributed by atoms with Gasteiger partial charge in [-0.15, -0.1) is 0 Å². The molecule has 2 aliphatic rings. The number of ketones is 1. The average Bonchev–Trinajstić information content (AvgIpc) is 2.80. The highest BCUT2D eigenvalue weighted by atomic mass is 32.2. The van der Waals surface area contributed by atoms with Crippen molar-refractivity contribution in [2.45, 2.75) is 50.0 Å². The van der Waals surface area contributed by atoms with Crippen molar-refractivity contribution in [1.29, 1.82) is 0 Å². The van der Waals surface area contributed by atoms with Gasteiger partial charge in [0.05, 0.1) is 10.6 Å². The molecule has 2 heterocycles. The zero-order valence-corrected chi connectivity index (χ0v) is 18.9. The SMILES string of the molecule is CC(=O)c1ccc(S(=O)(=O)N2CCCCC2C(=O)Nc2cc3c(cc2F)CCC(=O)N3)cc1. The van der Waals surface area contributed by atoms with Gasteiger partial charge in [0.1, 0.15) is 11.9 Å². The molecule has 174 valence electrons. The first-order valence-electron chi connectivity index (χ1n) is 10.7. The van der Waals surface area contributed by atoms with E-state index in [9.17, 15) is 27.2 Å². The number of carbonyl (C=O) groups is 3. The van der Waals surface area contributed by atoms with E-state index in [2.05, 4.69) is 10.6 Å². The zero-order valence-electron chi connectivity index (χ0n) is 18.1. The van der Waals surface area contributed by atoms with E-state index in [0.29, 0.717) is 42.5 Å². The summed E-state index contributed by atoms with van der Waals surface area (Å²) in [6.07, 6.45) is 2.20. The monoisotopic (exact) mass is 473 g/mol. The van der Waals surface area contributed by atoms with Crippen LogP contribution in [0.1, 0.15) is 48.5 Å². The van der Waals surface area contributed by atoms with E-state index in [-0.39, 0.29) is 35.2 Å². The summed E-state index contributed by atoms with van der Waals surface area (Å²) in [4.78, 5) is 36.2. The molecule has 0 spiro atoms. The maximum absolute atomic E-state index is 14.6. The molecule has 0 saturated carbocycles. The van der Waals surface area contributed by atoms with Crippen LogP contribution in [0.15, 0.2) is 41.3 Å². The number of carbonyl (C=O) groups excluding carboxylic acids is 3. The second-order valence-corrected chi connectivity index (χ2v) is 10.1. The van der Waals surface area contributed by atoms with E-state index in [1.54, 1.807) is 0 Å². The Hall–Kier alpha value is -3.11. The van der Waals surface area contributed by atoms with E-state index in [1.165, 1.54) is 43.3 Å². The molecule has 0 bridgehead atoms. The van der Waals surface area contributed by atoms with Crippen molar-refractivity contribution in [3.63, 3.8) is 0 Å². The Morgan fingerprint density at radius 1 is 1.12 bits per heavy atom. The predicted octanol–water partition coefficient (Wildman–Crippen LogP) is 3.09. The van der Waals surface area contributed by atoms with E-state index in [1.807, 2.05) is 0 Å². The van der Waals surface area contributed by atoms with Gasteiger partial charge in [-0.1, -0.05) is 18.6 Å². The molecule has 1 fully saturated rings. The first-order valence-corrected chi connectivity index (χ1v) is 12.2. The lowest BCUT2D eigenvalue weighted by Gasteiger charge is -2.33. The standard InChI is InChI=1S/C23H24FN3O5S/c1-14(28)15-5-8-17(9-6-15)33(31,32)27-11-3-2-4-21(27)23(30)26-20-13-19-16(12-18(20)24)7-10-22(29)25-19/h5-6,8-9,12-13,21H,2-4,7,10-11H2,1H3,(H,25,29)(H,26,30). The van der Waals surface area contributed by atoms with Crippen molar-refractivity contribution >= 4 is 39.0 Å². The summed E-state index contributed by atoms with van der Waals surface area (Å²) >= 11 is 0. The molecule has 0 radical (unpaired) electrons. The smallest absolute Gasteiger partial charge is 0.243 e. The van der Waals surface area contributed by atoms with Crippen LogP contribution >= 0.6 is 0 Å². The van der Waals surface area contributed by atoms with Crippen molar-refractivity contribution < 1.29 is 27.2 Å². The molecule has 8 nitrogen and oxygen atoms in total. The first kappa shape index (κ1) is 23.1. The molecule has 1 unspecified atom stereocenters. The molecule has 2 N–H and O–H groups in total. The summed E-state index contributed by atoms with van der Waals surface area (Å²) in [5.41, 5.74) is 1.34. The van der Waals surface area contributed by atoms with Crippen LogP contribution in [-0.4, -0.2) is 42.9 Å². The average molecular weight is 474 g/mol. The molecule has 1 atom stereocenters. The molecule has 0 aliphatic carbocycles. The Labute approximate surface area is 191 Å². The molecule has 0 aromatic heterocycles. The van der Waals surface area contributed by atoms with Crippen molar-refractivity contribution in [3.8, 4) is 0 Å². The molecule has 4 rings (SSSR count).